The summed E-state index contributed by atoms with van der Waals surface area (Å²) in [7, 11) is 1.89. The van der Waals surface area contributed by atoms with Crippen LogP contribution in [0.25, 0.3) is 11.4 Å². The third-order valence-electron chi connectivity index (χ3n) is 3.01. The van der Waals surface area contributed by atoms with Gasteiger partial charge in [-0.3, -0.25) is 4.68 Å². The van der Waals surface area contributed by atoms with Crippen molar-refractivity contribution in [2.45, 2.75) is 39.7 Å². The maximum absolute atomic E-state index is 4.76. The molecule has 6 heteroatoms. The number of aryl methyl sites for hydroxylation is 1. The van der Waals surface area contributed by atoms with Crippen LogP contribution in [0.4, 0.5) is 5.82 Å². The zero-order valence-electron chi connectivity index (χ0n) is 12.5. The number of aromatic nitrogens is 4. The smallest absolute Gasteiger partial charge is 0.165 e. The van der Waals surface area contributed by atoms with E-state index in [-0.39, 0.29) is 5.41 Å². The number of halogens is 1. The minimum atomic E-state index is -0.0272. The molecule has 2 aromatic heterocycles. The summed E-state index contributed by atoms with van der Waals surface area (Å²) in [4.78, 5) is 9.36. The van der Waals surface area contributed by atoms with Gasteiger partial charge in [-0.05, 0) is 29.5 Å². The fourth-order valence-corrected chi connectivity index (χ4v) is 3.21. The molecule has 0 saturated heterocycles. The lowest BCUT2D eigenvalue weighted by Crippen LogP contribution is -2.18. The predicted molar refractivity (Wildman–Crippen MR) is 89.9 cm³/mol. The quantitative estimate of drug-likeness (QED) is 0.824. The fraction of sp³-hybridized carbons (Fsp3) is 0.500. The molecule has 0 aliphatic rings. The van der Waals surface area contributed by atoms with Crippen molar-refractivity contribution in [3.05, 3.63) is 21.7 Å². The van der Waals surface area contributed by atoms with Gasteiger partial charge in [0.25, 0.3) is 0 Å². The SMILES string of the molecule is CCn1cc(-c2nc(NC)c(I)c(C(C)(C)C)n2)cn1. The Morgan fingerprint density at radius 2 is 2.00 bits per heavy atom. The minimum absolute atomic E-state index is 0.0272. The molecular formula is C14H20IN5. The van der Waals surface area contributed by atoms with Crippen LogP contribution in [0.3, 0.4) is 0 Å². The molecular weight excluding hydrogens is 365 g/mol. The van der Waals surface area contributed by atoms with Crippen molar-refractivity contribution in [3.63, 3.8) is 0 Å². The van der Waals surface area contributed by atoms with Crippen LogP contribution in [0.5, 0.6) is 0 Å². The molecule has 2 aromatic rings. The summed E-state index contributed by atoms with van der Waals surface area (Å²) in [5.74, 6) is 1.59. The van der Waals surface area contributed by atoms with Crippen LogP contribution in [0.2, 0.25) is 0 Å². The van der Waals surface area contributed by atoms with Crippen LogP contribution in [0.15, 0.2) is 12.4 Å². The third kappa shape index (κ3) is 2.94. The average molecular weight is 385 g/mol. The van der Waals surface area contributed by atoms with Crippen LogP contribution in [0, 0.1) is 3.57 Å². The molecule has 0 aromatic carbocycles. The molecule has 5 nitrogen and oxygen atoms in total. The molecule has 0 spiro atoms. The van der Waals surface area contributed by atoms with Gasteiger partial charge in [0.1, 0.15) is 5.82 Å². The van der Waals surface area contributed by atoms with Crippen molar-refractivity contribution in [2.24, 2.45) is 0 Å². The van der Waals surface area contributed by atoms with Crippen molar-refractivity contribution in [1.29, 1.82) is 0 Å². The van der Waals surface area contributed by atoms with Gasteiger partial charge in [-0.15, -0.1) is 0 Å². The Morgan fingerprint density at radius 3 is 2.50 bits per heavy atom. The van der Waals surface area contributed by atoms with E-state index in [1.807, 2.05) is 24.1 Å². The van der Waals surface area contributed by atoms with Crippen LogP contribution >= 0.6 is 22.6 Å². The van der Waals surface area contributed by atoms with Crippen molar-refractivity contribution in [2.75, 3.05) is 12.4 Å². The lowest BCUT2D eigenvalue weighted by atomic mass is 9.92. The van der Waals surface area contributed by atoms with E-state index in [0.29, 0.717) is 0 Å². The van der Waals surface area contributed by atoms with E-state index in [9.17, 15) is 0 Å². The highest BCUT2D eigenvalue weighted by atomic mass is 127. The molecule has 108 valence electrons. The highest BCUT2D eigenvalue weighted by Gasteiger charge is 2.23. The van der Waals surface area contributed by atoms with Crippen molar-refractivity contribution in [3.8, 4) is 11.4 Å². The van der Waals surface area contributed by atoms with Crippen LogP contribution < -0.4 is 5.32 Å². The zero-order valence-corrected chi connectivity index (χ0v) is 14.7. The number of nitrogens with one attached hydrogen (secondary N) is 1. The first-order chi connectivity index (χ1) is 9.36. The number of nitrogens with zero attached hydrogens (tertiary/aromatic N) is 4. The van der Waals surface area contributed by atoms with Gasteiger partial charge in [-0.1, -0.05) is 20.8 Å². The lowest BCUT2D eigenvalue weighted by Gasteiger charge is -2.21. The summed E-state index contributed by atoms with van der Waals surface area (Å²) in [6.45, 7) is 9.39. The minimum Gasteiger partial charge on any atom is -0.372 e. The molecule has 0 aliphatic heterocycles. The molecule has 2 rings (SSSR count). The van der Waals surface area contributed by atoms with Gasteiger partial charge in [0.15, 0.2) is 5.82 Å². The molecule has 1 N–H and O–H groups in total. The normalized spacial score (nSPS) is 11.7. The summed E-state index contributed by atoms with van der Waals surface area (Å²) in [6, 6.07) is 0. The molecule has 0 bridgehead atoms. The summed E-state index contributed by atoms with van der Waals surface area (Å²) in [5.41, 5.74) is 1.97. The van der Waals surface area contributed by atoms with Gasteiger partial charge in [0.2, 0.25) is 0 Å². The topological polar surface area (TPSA) is 55.6 Å². The largest absolute Gasteiger partial charge is 0.372 e. The van der Waals surface area contributed by atoms with Crippen molar-refractivity contribution >= 4 is 28.4 Å². The molecule has 2 heterocycles. The van der Waals surface area contributed by atoms with Gasteiger partial charge >= 0.3 is 0 Å². The first kappa shape index (κ1) is 15.2. The predicted octanol–water partition coefficient (Wildman–Crippen LogP) is 3.30. The van der Waals surface area contributed by atoms with E-state index >= 15 is 0 Å². The molecule has 0 radical (unpaired) electrons. The fourth-order valence-electron chi connectivity index (χ4n) is 1.89. The first-order valence-electron chi connectivity index (χ1n) is 6.65. The Labute approximate surface area is 133 Å². The first-order valence-corrected chi connectivity index (χ1v) is 7.73. The van der Waals surface area contributed by atoms with E-state index in [2.05, 4.69) is 65.7 Å². The molecule has 0 aliphatic carbocycles. The molecule has 0 saturated carbocycles. The monoisotopic (exact) mass is 385 g/mol. The van der Waals surface area contributed by atoms with E-state index in [4.69, 9.17) is 4.98 Å². The molecule has 0 atom stereocenters. The molecule has 0 fully saturated rings. The van der Waals surface area contributed by atoms with Crippen LogP contribution in [-0.2, 0) is 12.0 Å². The molecule has 0 amide bonds. The summed E-state index contributed by atoms with van der Waals surface area (Å²) < 4.78 is 2.95. The Hall–Kier alpha value is -1.18. The Morgan fingerprint density at radius 1 is 1.30 bits per heavy atom. The number of anilines is 1. The Balaban J connectivity index is 2.59. The highest BCUT2D eigenvalue weighted by molar-refractivity contribution is 14.1. The van der Waals surface area contributed by atoms with Gasteiger partial charge in [0.05, 0.1) is 21.0 Å². The van der Waals surface area contributed by atoms with E-state index < -0.39 is 0 Å². The second-order valence-corrected chi connectivity index (χ2v) is 6.72. The summed E-state index contributed by atoms with van der Waals surface area (Å²) in [5, 5.41) is 7.45. The Kier molecular flexibility index (Phi) is 4.31. The van der Waals surface area contributed by atoms with Gasteiger partial charge in [0, 0.05) is 25.2 Å². The van der Waals surface area contributed by atoms with E-state index in [1.54, 1.807) is 0 Å². The summed E-state index contributed by atoms with van der Waals surface area (Å²) >= 11 is 2.31. The maximum Gasteiger partial charge on any atom is 0.165 e. The average Bonchev–Trinajstić information content (AvgIpc) is 2.86. The molecule has 0 unspecified atom stereocenters. The van der Waals surface area contributed by atoms with Gasteiger partial charge in [-0.25, -0.2) is 9.97 Å². The number of rotatable bonds is 3. The van der Waals surface area contributed by atoms with E-state index in [1.165, 1.54) is 0 Å². The van der Waals surface area contributed by atoms with Gasteiger partial charge in [-0.2, -0.15) is 5.10 Å². The van der Waals surface area contributed by atoms with Gasteiger partial charge < -0.3 is 5.32 Å². The van der Waals surface area contributed by atoms with Crippen LogP contribution in [0.1, 0.15) is 33.4 Å². The maximum atomic E-state index is 4.76. The second kappa shape index (κ2) is 5.67. The van der Waals surface area contributed by atoms with Crippen LogP contribution in [-0.4, -0.2) is 26.8 Å². The number of hydrogen-bond donors (Lipinski definition) is 1. The molecule has 20 heavy (non-hydrogen) atoms. The Bertz CT molecular complexity index is 613. The van der Waals surface area contributed by atoms with Crippen molar-refractivity contribution in [1.82, 2.24) is 19.7 Å². The third-order valence-corrected chi connectivity index (χ3v) is 4.04. The summed E-state index contributed by atoms with van der Waals surface area (Å²) in [6.07, 6.45) is 3.80. The highest BCUT2D eigenvalue weighted by Crippen LogP contribution is 2.31. The van der Waals surface area contributed by atoms with E-state index in [0.717, 1.165) is 33.0 Å². The standard InChI is InChI=1S/C14H20IN5/c1-6-20-8-9(7-17-20)12-18-11(14(2,3)4)10(15)13(16-5)19-12/h7-8H,6H2,1-5H3,(H,16,18,19). The van der Waals surface area contributed by atoms with Crippen molar-refractivity contribution < 1.29 is 0 Å². The number of hydrogen-bond acceptors (Lipinski definition) is 4. The zero-order chi connectivity index (χ0) is 14.9. The lowest BCUT2D eigenvalue weighted by molar-refractivity contribution is 0.564. The second-order valence-electron chi connectivity index (χ2n) is 5.64.